The quantitative estimate of drug-likeness (QED) is 0.825. The van der Waals surface area contributed by atoms with E-state index in [1.54, 1.807) is 12.4 Å². The summed E-state index contributed by atoms with van der Waals surface area (Å²) in [5, 5.41) is 12.6. The van der Waals surface area contributed by atoms with Crippen molar-refractivity contribution >= 4 is 23.1 Å². The van der Waals surface area contributed by atoms with Crippen LogP contribution in [-0.2, 0) is 4.74 Å². The number of anilines is 1. The first-order chi connectivity index (χ1) is 11.3. The summed E-state index contributed by atoms with van der Waals surface area (Å²) in [5.74, 6) is 0.858. The van der Waals surface area contributed by atoms with Crippen LogP contribution in [0.1, 0.15) is 0 Å². The molecule has 23 heavy (non-hydrogen) atoms. The Bertz CT molecular complexity index is 751. The first-order valence-electron chi connectivity index (χ1n) is 7.62. The van der Waals surface area contributed by atoms with E-state index in [2.05, 4.69) is 32.7 Å². The van der Waals surface area contributed by atoms with Crippen molar-refractivity contribution in [2.45, 2.75) is 12.2 Å². The van der Waals surface area contributed by atoms with Crippen LogP contribution in [-0.4, -0.2) is 51.4 Å². The summed E-state index contributed by atoms with van der Waals surface area (Å²) in [6.07, 6.45) is 7.98. The lowest BCUT2D eigenvalue weighted by Crippen LogP contribution is -2.35. The van der Waals surface area contributed by atoms with Gasteiger partial charge in [0.05, 0.1) is 24.1 Å². The summed E-state index contributed by atoms with van der Waals surface area (Å²) in [4.78, 5) is 18.7. The summed E-state index contributed by atoms with van der Waals surface area (Å²) in [7, 11) is 0. The smallest absolute Gasteiger partial charge is 0.321 e. The minimum atomic E-state index is -0.0852. The topological polar surface area (TPSA) is 83.1 Å². The fourth-order valence-corrected chi connectivity index (χ4v) is 4.42. The molecule has 7 nitrogen and oxygen atoms in total. The molecule has 2 fully saturated rings. The van der Waals surface area contributed by atoms with Gasteiger partial charge in [-0.15, -0.1) is 11.3 Å². The van der Waals surface area contributed by atoms with Gasteiger partial charge in [-0.3, -0.25) is 5.10 Å². The number of H-pyrrole nitrogens is 1. The van der Waals surface area contributed by atoms with E-state index in [9.17, 15) is 4.79 Å². The second-order valence-electron chi connectivity index (χ2n) is 6.11. The average Bonchev–Trinajstić information content (AvgIpc) is 3.31. The first-order valence-corrected chi connectivity index (χ1v) is 8.50. The molecular weight excluding hydrogens is 314 g/mol. The number of aromatic amines is 1. The third-order valence-corrected chi connectivity index (χ3v) is 5.67. The van der Waals surface area contributed by atoms with Crippen LogP contribution < -0.4 is 5.32 Å². The third-order valence-electron chi connectivity index (χ3n) is 4.88. The van der Waals surface area contributed by atoms with E-state index in [1.807, 2.05) is 10.3 Å². The minimum Gasteiger partial charge on any atom is -0.366 e. The van der Waals surface area contributed by atoms with E-state index in [-0.39, 0.29) is 18.2 Å². The molecule has 3 aliphatic heterocycles. The Hall–Kier alpha value is -2.19. The van der Waals surface area contributed by atoms with Gasteiger partial charge in [-0.25, -0.2) is 9.78 Å². The molecule has 0 aliphatic carbocycles. The van der Waals surface area contributed by atoms with Gasteiger partial charge in [0.2, 0.25) is 0 Å². The van der Waals surface area contributed by atoms with E-state index in [1.165, 1.54) is 11.3 Å². The number of rotatable bonds is 2. The Balaban J connectivity index is 1.31. The molecule has 0 spiro atoms. The number of hydrogen-bond acceptors (Lipinski definition) is 5. The minimum absolute atomic E-state index is 0.0852. The Morgan fingerprint density at radius 1 is 1.35 bits per heavy atom. The third kappa shape index (κ3) is 2.02. The Morgan fingerprint density at radius 2 is 2.13 bits per heavy atom. The zero-order chi connectivity index (χ0) is 15.4. The molecule has 0 saturated carbocycles. The molecule has 0 radical (unpaired) electrons. The number of carbonyl (C=O) groups is 1. The molecule has 2 saturated heterocycles. The standard InChI is InChI=1S/C15H15N5O2S/c21-15(18-10-5-17-19-13(10)14-16-3-4-23-14)20-6-8-9(7-20)12-2-1-11(8)22-12/h1-5,8-9,11-12H,6-7H2,(H,17,19)(H,18,21)/t8-,9+,11-,12-/m1/s1. The van der Waals surface area contributed by atoms with E-state index < -0.39 is 0 Å². The highest BCUT2D eigenvalue weighted by Crippen LogP contribution is 2.43. The molecule has 0 unspecified atom stereocenters. The van der Waals surface area contributed by atoms with Crippen molar-refractivity contribution in [3.8, 4) is 10.7 Å². The maximum Gasteiger partial charge on any atom is 0.321 e. The van der Waals surface area contributed by atoms with Crippen LogP contribution in [0.4, 0.5) is 10.5 Å². The molecule has 2 bridgehead atoms. The highest BCUT2D eigenvalue weighted by Gasteiger charge is 2.51. The van der Waals surface area contributed by atoms with Crippen LogP contribution in [0.5, 0.6) is 0 Å². The fourth-order valence-electron chi connectivity index (χ4n) is 3.78. The van der Waals surface area contributed by atoms with Crippen molar-refractivity contribution < 1.29 is 9.53 Å². The summed E-state index contributed by atoms with van der Waals surface area (Å²) >= 11 is 1.50. The monoisotopic (exact) mass is 329 g/mol. The number of aromatic nitrogens is 3. The molecule has 5 rings (SSSR count). The molecule has 2 N–H and O–H groups in total. The van der Waals surface area contributed by atoms with Crippen molar-refractivity contribution in [3.63, 3.8) is 0 Å². The molecule has 3 aliphatic rings. The van der Waals surface area contributed by atoms with Gasteiger partial charge in [0.15, 0.2) is 0 Å². The van der Waals surface area contributed by atoms with Gasteiger partial charge in [0.1, 0.15) is 10.7 Å². The van der Waals surface area contributed by atoms with Gasteiger partial charge in [-0.05, 0) is 0 Å². The summed E-state index contributed by atoms with van der Waals surface area (Å²) in [6, 6.07) is -0.0852. The number of likely N-dealkylation sites (tertiary alicyclic amines) is 1. The largest absolute Gasteiger partial charge is 0.366 e. The Labute approximate surface area is 136 Å². The van der Waals surface area contributed by atoms with Crippen LogP contribution >= 0.6 is 11.3 Å². The van der Waals surface area contributed by atoms with Crippen molar-refractivity contribution in [1.82, 2.24) is 20.1 Å². The normalized spacial score (nSPS) is 30.9. The SMILES string of the molecule is O=C(Nc1cn[nH]c1-c1nccs1)N1C[C@@H]2[C@H](C1)[C@H]1C=C[C@H]2O1. The highest BCUT2D eigenvalue weighted by atomic mass is 32.1. The molecule has 2 amide bonds. The van der Waals surface area contributed by atoms with Gasteiger partial charge in [-0.1, -0.05) is 12.2 Å². The second kappa shape index (κ2) is 4.90. The van der Waals surface area contributed by atoms with E-state index in [4.69, 9.17) is 4.74 Å². The predicted molar refractivity (Wildman–Crippen MR) is 85.1 cm³/mol. The van der Waals surface area contributed by atoms with E-state index in [0.29, 0.717) is 17.5 Å². The van der Waals surface area contributed by atoms with Crippen LogP contribution in [0.15, 0.2) is 29.9 Å². The van der Waals surface area contributed by atoms with Gasteiger partial charge in [0.25, 0.3) is 0 Å². The molecule has 5 heterocycles. The van der Waals surface area contributed by atoms with Crippen molar-refractivity contribution in [1.29, 1.82) is 0 Å². The molecule has 0 aromatic carbocycles. The molecule has 2 aromatic heterocycles. The molecular formula is C15H15N5O2S. The fraction of sp³-hybridized carbons (Fsp3) is 0.400. The number of thiazole rings is 1. The van der Waals surface area contributed by atoms with E-state index in [0.717, 1.165) is 23.8 Å². The maximum absolute atomic E-state index is 12.6. The molecule has 4 atom stereocenters. The number of hydrogen-bond donors (Lipinski definition) is 2. The van der Waals surface area contributed by atoms with Gasteiger partial charge < -0.3 is 15.0 Å². The summed E-state index contributed by atoms with van der Waals surface area (Å²) in [6.45, 7) is 1.49. The number of urea groups is 1. The zero-order valence-electron chi connectivity index (χ0n) is 12.2. The zero-order valence-corrected chi connectivity index (χ0v) is 13.0. The molecule has 8 heteroatoms. The number of carbonyl (C=O) groups excluding carboxylic acids is 1. The maximum atomic E-state index is 12.6. The van der Waals surface area contributed by atoms with Gasteiger partial charge >= 0.3 is 6.03 Å². The Kier molecular flexibility index (Phi) is 2.83. The van der Waals surface area contributed by atoms with Crippen LogP contribution in [0.2, 0.25) is 0 Å². The number of amides is 2. The Morgan fingerprint density at radius 3 is 2.83 bits per heavy atom. The number of nitrogens with zero attached hydrogens (tertiary/aromatic N) is 3. The number of ether oxygens (including phenoxy) is 1. The summed E-state index contributed by atoms with van der Waals surface area (Å²) < 4.78 is 5.85. The van der Waals surface area contributed by atoms with Gasteiger partial charge in [0, 0.05) is 36.5 Å². The highest BCUT2D eigenvalue weighted by molar-refractivity contribution is 7.13. The lowest BCUT2D eigenvalue weighted by Gasteiger charge is -2.19. The lowest BCUT2D eigenvalue weighted by molar-refractivity contribution is 0.0892. The van der Waals surface area contributed by atoms with Crippen molar-refractivity contribution in [2.24, 2.45) is 11.8 Å². The lowest BCUT2D eigenvalue weighted by atomic mass is 9.86. The van der Waals surface area contributed by atoms with Crippen molar-refractivity contribution in [3.05, 3.63) is 29.9 Å². The first kappa shape index (κ1) is 13.3. The second-order valence-corrected chi connectivity index (χ2v) is 7.00. The van der Waals surface area contributed by atoms with Crippen LogP contribution in [0, 0.1) is 11.8 Å². The number of nitrogens with one attached hydrogen (secondary N) is 2. The molecule has 2 aromatic rings. The van der Waals surface area contributed by atoms with Crippen LogP contribution in [0.3, 0.4) is 0 Å². The van der Waals surface area contributed by atoms with Gasteiger partial charge in [-0.2, -0.15) is 5.10 Å². The number of fused-ring (bicyclic) bond motifs is 5. The molecule has 118 valence electrons. The summed E-state index contributed by atoms with van der Waals surface area (Å²) in [5.41, 5.74) is 1.41. The predicted octanol–water partition coefficient (Wildman–Crippen LogP) is 1.95. The van der Waals surface area contributed by atoms with Crippen molar-refractivity contribution in [2.75, 3.05) is 18.4 Å². The average molecular weight is 329 g/mol. The van der Waals surface area contributed by atoms with E-state index >= 15 is 0 Å². The van der Waals surface area contributed by atoms with Crippen LogP contribution in [0.25, 0.3) is 10.7 Å².